The fourth-order valence-corrected chi connectivity index (χ4v) is 1.90. The van der Waals surface area contributed by atoms with E-state index in [1.54, 1.807) is 20.9 Å². The molecule has 0 aliphatic carbocycles. The molecule has 108 valence electrons. The van der Waals surface area contributed by atoms with Crippen LogP contribution in [0.15, 0.2) is 0 Å². The number of nitro groups is 1. The summed E-state index contributed by atoms with van der Waals surface area (Å²) >= 11 is 0. The van der Waals surface area contributed by atoms with Crippen LogP contribution in [0.25, 0.3) is 0 Å². The molecule has 0 aliphatic heterocycles. The molecule has 0 spiro atoms. The zero-order valence-electron chi connectivity index (χ0n) is 11.8. The summed E-state index contributed by atoms with van der Waals surface area (Å²) in [6.07, 6.45) is 0.481. The van der Waals surface area contributed by atoms with Crippen LogP contribution in [0, 0.1) is 35.3 Å². The number of aromatic nitrogens is 2. The number of nitrogens with zero attached hydrogens (tertiary/aromatic N) is 5. The Morgan fingerprint density at radius 1 is 1.55 bits per heavy atom. The van der Waals surface area contributed by atoms with Crippen LogP contribution in [0.1, 0.15) is 24.2 Å². The van der Waals surface area contributed by atoms with Gasteiger partial charge in [0, 0.05) is 20.0 Å². The fraction of sp³-hybridized carbons (Fsp3) is 0.583. The summed E-state index contributed by atoms with van der Waals surface area (Å²) in [5.74, 6) is -0.115. The number of carbonyl (C=O) groups is 1. The van der Waals surface area contributed by atoms with Crippen molar-refractivity contribution in [3.8, 4) is 6.07 Å². The van der Waals surface area contributed by atoms with Crippen molar-refractivity contribution in [1.82, 2.24) is 14.7 Å². The summed E-state index contributed by atoms with van der Waals surface area (Å²) < 4.78 is 1.48. The zero-order valence-corrected chi connectivity index (χ0v) is 11.8. The van der Waals surface area contributed by atoms with Crippen molar-refractivity contribution in [3.63, 3.8) is 0 Å². The zero-order chi connectivity index (χ0) is 15.3. The minimum Gasteiger partial charge on any atom is -0.345 e. The second kappa shape index (κ2) is 6.65. The molecule has 1 amide bonds. The summed E-state index contributed by atoms with van der Waals surface area (Å²) in [5, 5.41) is 23.4. The lowest BCUT2D eigenvalue weighted by molar-refractivity contribution is -0.386. The largest absolute Gasteiger partial charge is 0.345 e. The van der Waals surface area contributed by atoms with Crippen LogP contribution in [0.4, 0.5) is 5.69 Å². The van der Waals surface area contributed by atoms with Gasteiger partial charge in [0.15, 0.2) is 0 Å². The number of carbonyl (C=O) groups excluding carboxylic acids is 1. The molecule has 1 rings (SSSR count). The van der Waals surface area contributed by atoms with E-state index in [0.29, 0.717) is 17.9 Å². The maximum absolute atomic E-state index is 11.8. The molecular weight excluding hydrogens is 262 g/mol. The maximum Gasteiger partial charge on any atom is 0.312 e. The molecule has 1 aromatic rings. The molecule has 0 radical (unpaired) electrons. The number of aryl methyl sites for hydroxylation is 2. The first kappa shape index (κ1) is 15.6. The molecule has 0 atom stereocenters. The molecule has 0 bridgehead atoms. The smallest absolute Gasteiger partial charge is 0.312 e. The minimum absolute atomic E-state index is 0.00437. The molecule has 20 heavy (non-hydrogen) atoms. The van der Waals surface area contributed by atoms with Gasteiger partial charge in [0.1, 0.15) is 11.4 Å². The van der Waals surface area contributed by atoms with Crippen molar-refractivity contribution in [2.24, 2.45) is 0 Å². The van der Waals surface area contributed by atoms with E-state index >= 15 is 0 Å². The summed E-state index contributed by atoms with van der Waals surface area (Å²) in [6, 6.07) is 1.97. The van der Waals surface area contributed by atoms with Crippen molar-refractivity contribution >= 4 is 11.6 Å². The third kappa shape index (κ3) is 3.54. The summed E-state index contributed by atoms with van der Waals surface area (Å²) in [6.45, 7) is 3.85. The van der Waals surface area contributed by atoms with Gasteiger partial charge in [-0.05, 0) is 13.8 Å². The first-order valence-electron chi connectivity index (χ1n) is 6.17. The Morgan fingerprint density at radius 3 is 2.70 bits per heavy atom. The number of hydrogen-bond acceptors (Lipinski definition) is 5. The van der Waals surface area contributed by atoms with Gasteiger partial charge in [0.2, 0.25) is 5.91 Å². The van der Waals surface area contributed by atoms with Gasteiger partial charge in [-0.2, -0.15) is 10.4 Å². The van der Waals surface area contributed by atoms with E-state index in [0.717, 1.165) is 0 Å². The van der Waals surface area contributed by atoms with Gasteiger partial charge in [0.05, 0.1) is 24.0 Å². The highest BCUT2D eigenvalue weighted by molar-refractivity contribution is 5.75. The summed E-state index contributed by atoms with van der Waals surface area (Å²) in [4.78, 5) is 23.7. The molecule has 1 aromatic heterocycles. The van der Waals surface area contributed by atoms with Crippen molar-refractivity contribution in [1.29, 1.82) is 5.26 Å². The Hall–Kier alpha value is -2.43. The van der Waals surface area contributed by atoms with Gasteiger partial charge >= 0.3 is 5.69 Å². The van der Waals surface area contributed by atoms with Crippen molar-refractivity contribution in [2.45, 2.75) is 33.2 Å². The maximum atomic E-state index is 11.8. The number of amides is 1. The van der Waals surface area contributed by atoms with Crippen LogP contribution >= 0.6 is 0 Å². The Labute approximate surface area is 116 Å². The Bertz CT molecular complexity index is 558. The molecule has 0 saturated heterocycles. The molecule has 0 fully saturated rings. The molecule has 8 heteroatoms. The number of nitriles is 1. The molecule has 0 N–H and O–H groups in total. The molecule has 0 saturated carbocycles. The van der Waals surface area contributed by atoms with E-state index in [-0.39, 0.29) is 31.0 Å². The average Bonchev–Trinajstić information content (AvgIpc) is 2.67. The third-order valence-corrected chi connectivity index (χ3v) is 3.05. The predicted octanol–water partition coefficient (Wildman–Crippen LogP) is 1.17. The van der Waals surface area contributed by atoms with Crippen molar-refractivity contribution < 1.29 is 9.72 Å². The van der Waals surface area contributed by atoms with Gasteiger partial charge in [-0.15, -0.1) is 0 Å². The summed E-state index contributed by atoms with van der Waals surface area (Å²) in [5.41, 5.74) is 0.785. The second-order valence-corrected chi connectivity index (χ2v) is 4.47. The predicted molar refractivity (Wildman–Crippen MR) is 70.8 cm³/mol. The lowest BCUT2D eigenvalue weighted by Crippen LogP contribution is -2.28. The van der Waals surface area contributed by atoms with Gasteiger partial charge in [0.25, 0.3) is 0 Å². The average molecular weight is 279 g/mol. The van der Waals surface area contributed by atoms with E-state index in [1.165, 1.54) is 9.58 Å². The first-order chi connectivity index (χ1) is 9.38. The lowest BCUT2D eigenvalue weighted by atomic mass is 10.3. The van der Waals surface area contributed by atoms with Crippen molar-refractivity contribution in [3.05, 3.63) is 21.5 Å². The van der Waals surface area contributed by atoms with Crippen LogP contribution in [-0.4, -0.2) is 39.1 Å². The Balaban J connectivity index is 2.67. The van der Waals surface area contributed by atoms with Gasteiger partial charge in [-0.3, -0.25) is 19.6 Å². The van der Waals surface area contributed by atoms with E-state index in [9.17, 15) is 14.9 Å². The molecule has 8 nitrogen and oxygen atoms in total. The summed E-state index contributed by atoms with van der Waals surface area (Å²) in [7, 11) is 1.63. The first-order valence-corrected chi connectivity index (χ1v) is 6.17. The van der Waals surface area contributed by atoms with E-state index in [1.807, 2.05) is 6.07 Å². The standard InChI is InChI=1S/C12H17N5O3/c1-9-12(17(19)20)10(2)16(14-9)8-5-11(18)15(3)7-4-6-13/h4-5,7-8H2,1-3H3. The molecule has 1 heterocycles. The van der Waals surface area contributed by atoms with Crippen LogP contribution in [0.2, 0.25) is 0 Å². The lowest BCUT2D eigenvalue weighted by Gasteiger charge is -2.15. The van der Waals surface area contributed by atoms with E-state index < -0.39 is 4.92 Å². The fourth-order valence-electron chi connectivity index (χ4n) is 1.90. The Morgan fingerprint density at radius 2 is 2.20 bits per heavy atom. The topological polar surface area (TPSA) is 105 Å². The molecule has 0 unspecified atom stereocenters. The second-order valence-electron chi connectivity index (χ2n) is 4.47. The molecular formula is C12H17N5O3. The van der Waals surface area contributed by atoms with Crippen LogP contribution in [-0.2, 0) is 11.3 Å². The van der Waals surface area contributed by atoms with Gasteiger partial charge < -0.3 is 4.90 Å². The van der Waals surface area contributed by atoms with Crippen LogP contribution in [0.3, 0.4) is 0 Å². The number of rotatable bonds is 6. The van der Waals surface area contributed by atoms with Gasteiger partial charge in [-0.25, -0.2) is 0 Å². The van der Waals surface area contributed by atoms with E-state index in [2.05, 4.69) is 5.10 Å². The Kier molecular flexibility index (Phi) is 5.20. The molecule has 0 aromatic carbocycles. The third-order valence-electron chi connectivity index (χ3n) is 3.05. The highest BCUT2D eigenvalue weighted by Gasteiger charge is 2.22. The highest BCUT2D eigenvalue weighted by atomic mass is 16.6. The van der Waals surface area contributed by atoms with Crippen LogP contribution < -0.4 is 0 Å². The SMILES string of the molecule is Cc1nn(CCC(=O)N(C)CCC#N)c(C)c1[N+](=O)[O-]. The quantitative estimate of drug-likeness (QED) is 0.574. The molecule has 0 aliphatic rings. The van der Waals surface area contributed by atoms with Gasteiger partial charge in [-0.1, -0.05) is 0 Å². The monoisotopic (exact) mass is 279 g/mol. The van der Waals surface area contributed by atoms with Crippen LogP contribution in [0.5, 0.6) is 0 Å². The highest BCUT2D eigenvalue weighted by Crippen LogP contribution is 2.21. The number of hydrogen-bond donors (Lipinski definition) is 0. The van der Waals surface area contributed by atoms with E-state index in [4.69, 9.17) is 5.26 Å². The minimum atomic E-state index is -0.463. The van der Waals surface area contributed by atoms with Crippen molar-refractivity contribution in [2.75, 3.05) is 13.6 Å². The normalized spacial score (nSPS) is 10.1.